The molecule has 0 radical (unpaired) electrons. The van der Waals surface area contributed by atoms with Crippen LogP contribution in [0.3, 0.4) is 0 Å². The van der Waals surface area contributed by atoms with E-state index in [1.165, 1.54) is 5.57 Å². The number of halogens is 2. The lowest BCUT2D eigenvalue weighted by Crippen LogP contribution is -2.51. The Bertz CT molecular complexity index is 787. The first-order chi connectivity index (χ1) is 12.4. The topological polar surface area (TPSA) is 43.2 Å². The molecule has 0 spiro atoms. The van der Waals surface area contributed by atoms with Gasteiger partial charge in [-0.05, 0) is 44.9 Å². The fourth-order valence-electron chi connectivity index (χ4n) is 3.13. The summed E-state index contributed by atoms with van der Waals surface area (Å²) >= 11 is 12.6. The fourth-order valence-corrected chi connectivity index (χ4v) is 3.45. The summed E-state index contributed by atoms with van der Waals surface area (Å²) in [5.41, 5.74) is 5.07. The molecule has 1 N–H and O–H groups in total. The van der Waals surface area contributed by atoms with Gasteiger partial charge in [0.05, 0.1) is 21.4 Å². The number of piperazine rings is 1. The van der Waals surface area contributed by atoms with Gasteiger partial charge in [-0.1, -0.05) is 30.1 Å². The van der Waals surface area contributed by atoms with Gasteiger partial charge < -0.3 is 10.2 Å². The molecule has 1 aromatic rings. The number of hydrogen-bond donors (Lipinski definition) is 1. The predicted octanol–water partition coefficient (Wildman–Crippen LogP) is 4.74. The summed E-state index contributed by atoms with van der Waals surface area (Å²) in [5, 5.41) is 11.2. The molecule has 2 aliphatic heterocycles. The maximum absolute atomic E-state index is 6.32. The largest absolute Gasteiger partial charge is 0.338 e. The van der Waals surface area contributed by atoms with Crippen molar-refractivity contribution in [3.8, 4) is 0 Å². The van der Waals surface area contributed by atoms with Crippen LogP contribution < -0.4 is 5.32 Å². The van der Waals surface area contributed by atoms with Crippen LogP contribution >= 0.6 is 23.2 Å². The zero-order valence-electron chi connectivity index (χ0n) is 15.7. The minimum atomic E-state index is 0.519. The molecule has 0 aliphatic carbocycles. The Morgan fingerprint density at radius 3 is 2.42 bits per heavy atom. The summed E-state index contributed by atoms with van der Waals surface area (Å²) < 4.78 is 0. The first-order valence-corrected chi connectivity index (χ1v) is 9.73. The van der Waals surface area contributed by atoms with Crippen molar-refractivity contribution in [2.75, 3.05) is 26.2 Å². The molecule has 1 aromatic carbocycles. The van der Waals surface area contributed by atoms with Gasteiger partial charge in [0.15, 0.2) is 0 Å². The third-order valence-corrected chi connectivity index (χ3v) is 5.27. The Hall–Kier alpha value is -1.56. The third-order valence-electron chi connectivity index (χ3n) is 4.55. The fraction of sp³-hybridized carbons (Fsp3) is 0.474. The van der Waals surface area contributed by atoms with E-state index in [2.05, 4.69) is 24.1 Å². The van der Waals surface area contributed by atoms with E-state index in [0.717, 1.165) is 61.2 Å². The van der Waals surface area contributed by atoms with Crippen molar-refractivity contribution in [1.82, 2.24) is 15.2 Å². The monoisotopic (exact) mass is 393 g/mol. The average molecular weight is 394 g/mol. The second-order valence-corrected chi connectivity index (χ2v) is 7.59. The average Bonchev–Trinajstić information content (AvgIpc) is 2.62. The van der Waals surface area contributed by atoms with E-state index >= 15 is 0 Å². The van der Waals surface area contributed by atoms with E-state index < -0.39 is 0 Å². The van der Waals surface area contributed by atoms with Crippen LogP contribution in [0.4, 0.5) is 5.69 Å². The summed E-state index contributed by atoms with van der Waals surface area (Å²) in [6.45, 7) is 11.9. The number of allylic oxidation sites excluding steroid dienone is 1. The van der Waals surface area contributed by atoms with Crippen LogP contribution in [0.2, 0.25) is 10.0 Å². The number of guanidine groups is 1. The summed E-state index contributed by atoms with van der Waals surface area (Å²) in [6.07, 6.45) is 0.915. The van der Waals surface area contributed by atoms with Crippen molar-refractivity contribution in [2.24, 2.45) is 10.1 Å². The second-order valence-electron chi connectivity index (χ2n) is 6.77. The maximum atomic E-state index is 6.32. The number of hydrogen-bond acceptors (Lipinski definition) is 5. The molecule has 26 heavy (non-hydrogen) atoms. The highest BCUT2D eigenvalue weighted by atomic mass is 35.5. The summed E-state index contributed by atoms with van der Waals surface area (Å²) in [5.74, 6) is 0.849. The molecule has 0 aromatic heterocycles. The van der Waals surface area contributed by atoms with Crippen LogP contribution in [0.1, 0.15) is 39.7 Å². The molecule has 5 nitrogen and oxygen atoms in total. The molecule has 2 heterocycles. The van der Waals surface area contributed by atoms with Crippen LogP contribution in [0, 0.1) is 0 Å². The molecular weight excluding hydrogens is 369 g/mol. The van der Waals surface area contributed by atoms with Crippen molar-refractivity contribution in [3.63, 3.8) is 0 Å². The Labute approximate surface area is 165 Å². The van der Waals surface area contributed by atoms with E-state index in [4.69, 9.17) is 33.3 Å². The Balaban J connectivity index is 2.24. The Kier molecular flexibility index (Phi) is 5.90. The summed E-state index contributed by atoms with van der Waals surface area (Å²) in [6, 6.07) is 3.75. The summed E-state index contributed by atoms with van der Waals surface area (Å²) in [7, 11) is 0. The minimum Gasteiger partial charge on any atom is -0.338 e. The Morgan fingerprint density at radius 1 is 1.15 bits per heavy atom. The van der Waals surface area contributed by atoms with E-state index in [-0.39, 0.29) is 0 Å². The summed E-state index contributed by atoms with van der Waals surface area (Å²) in [4.78, 5) is 7.20. The van der Waals surface area contributed by atoms with Crippen LogP contribution in [-0.2, 0) is 0 Å². The van der Waals surface area contributed by atoms with Gasteiger partial charge in [-0.15, -0.1) is 0 Å². The highest BCUT2D eigenvalue weighted by Gasteiger charge is 2.31. The standard InChI is InChI=1S/C19H25Cl2N5/c1-5-13(4)18-14-10-15(20)16(21)11-17(14)23-19(26(18)24-12(2)3)25-8-6-22-7-9-25/h10-11,22H,5-9H2,1-4H3. The van der Waals surface area contributed by atoms with Gasteiger partial charge in [0.25, 0.3) is 0 Å². The van der Waals surface area contributed by atoms with Crippen molar-refractivity contribution < 1.29 is 0 Å². The van der Waals surface area contributed by atoms with Gasteiger partial charge in [0.2, 0.25) is 5.96 Å². The quantitative estimate of drug-likeness (QED) is 0.737. The number of aliphatic imine (C=N–C) groups is 1. The molecule has 0 amide bonds. The number of nitrogens with one attached hydrogen (secondary N) is 1. The Morgan fingerprint density at radius 2 is 1.81 bits per heavy atom. The van der Waals surface area contributed by atoms with Crippen molar-refractivity contribution in [1.29, 1.82) is 0 Å². The van der Waals surface area contributed by atoms with Crippen molar-refractivity contribution in [2.45, 2.75) is 34.1 Å². The molecule has 0 atom stereocenters. The number of fused-ring (bicyclic) bond motifs is 1. The molecule has 140 valence electrons. The number of benzene rings is 1. The number of hydrazone groups is 1. The number of nitrogens with zero attached hydrogens (tertiary/aromatic N) is 4. The van der Waals surface area contributed by atoms with E-state index in [0.29, 0.717) is 10.0 Å². The van der Waals surface area contributed by atoms with Gasteiger partial charge in [-0.25, -0.2) is 4.99 Å². The van der Waals surface area contributed by atoms with Crippen LogP contribution in [0.15, 0.2) is 27.8 Å². The van der Waals surface area contributed by atoms with E-state index in [1.54, 1.807) is 0 Å². The maximum Gasteiger partial charge on any atom is 0.227 e. The van der Waals surface area contributed by atoms with Crippen LogP contribution in [-0.4, -0.2) is 47.8 Å². The smallest absolute Gasteiger partial charge is 0.227 e. The first kappa shape index (κ1) is 19.2. The molecule has 0 unspecified atom stereocenters. The molecule has 1 saturated heterocycles. The highest BCUT2D eigenvalue weighted by Crippen LogP contribution is 2.41. The van der Waals surface area contributed by atoms with E-state index in [9.17, 15) is 0 Å². The normalized spacial score (nSPS) is 19.1. The van der Waals surface area contributed by atoms with E-state index in [1.807, 2.05) is 31.0 Å². The van der Waals surface area contributed by atoms with Crippen LogP contribution in [0.5, 0.6) is 0 Å². The predicted molar refractivity (Wildman–Crippen MR) is 112 cm³/mol. The lowest BCUT2D eigenvalue weighted by atomic mass is 10.0. The molecular formula is C19H25Cl2N5. The van der Waals surface area contributed by atoms with Gasteiger partial charge in [-0.3, -0.25) is 0 Å². The van der Waals surface area contributed by atoms with Crippen LogP contribution in [0.25, 0.3) is 5.70 Å². The van der Waals surface area contributed by atoms with Crippen molar-refractivity contribution in [3.05, 3.63) is 33.3 Å². The SMILES string of the molecule is CCC(C)=C1c2cc(Cl)c(Cl)cc2N=C(N2CCNCC2)N1N=C(C)C. The molecule has 0 bridgehead atoms. The van der Waals surface area contributed by atoms with Gasteiger partial charge in [0, 0.05) is 37.5 Å². The molecule has 3 rings (SSSR count). The molecule has 2 aliphatic rings. The zero-order valence-corrected chi connectivity index (χ0v) is 17.2. The van der Waals surface area contributed by atoms with Gasteiger partial charge >= 0.3 is 0 Å². The lowest BCUT2D eigenvalue weighted by molar-refractivity contribution is 0.323. The second kappa shape index (κ2) is 7.99. The molecule has 1 fully saturated rings. The van der Waals surface area contributed by atoms with Crippen molar-refractivity contribution >= 4 is 46.3 Å². The van der Waals surface area contributed by atoms with Gasteiger partial charge in [0.1, 0.15) is 0 Å². The first-order valence-electron chi connectivity index (χ1n) is 8.97. The highest BCUT2D eigenvalue weighted by molar-refractivity contribution is 6.42. The lowest BCUT2D eigenvalue weighted by Gasteiger charge is -2.38. The zero-order chi connectivity index (χ0) is 18.8. The molecule has 7 heteroatoms. The number of rotatable bonds is 2. The molecule has 0 saturated carbocycles. The third kappa shape index (κ3) is 3.75. The minimum absolute atomic E-state index is 0.519. The van der Waals surface area contributed by atoms with Gasteiger partial charge in [-0.2, -0.15) is 10.1 Å².